The molecule has 4 atom stereocenters. The zero-order valence-electron chi connectivity index (χ0n) is 12.4. The summed E-state index contributed by atoms with van der Waals surface area (Å²) in [4.78, 5) is 27.5. The third kappa shape index (κ3) is 3.40. The molecule has 2 amide bonds. The first kappa shape index (κ1) is 15.5. The minimum absolute atomic E-state index is 0.0116. The van der Waals surface area contributed by atoms with Crippen molar-refractivity contribution in [3.8, 4) is 0 Å². The molecule has 0 radical (unpaired) electrons. The number of carboxylic acid groups (broad SMARTS) is 1. The number of urea groups is 1. The van der Waals surface area contributed by atoms with Crippen molar-refractivity contribution in [1.29, 1.82) is 0 Å². The lowest BCUT2D eigenvalue weighted by atomic mass is 9.92. The van der Waals surface area contributed by atoms with Crippen LogP contribution >= 0.6 is 11.8 Å². The monoisotopic (exact) mass is 300 g/mol. The molecule has 2 saturated heterocycles. The lowest BCUT2D eigenvalue weighted by Crippen LogP contribution is -2.55. The number of rotatable bonds is 1. The lowest BCUT2D eigenvalue weighted by molar-refractivity contribution is -0.143. The van der Waals surface area contributed by atoms with Crippen molar-refractivity contribution in [2.24, 2.45) is 5.92 Å². The maximum atomic E-state index is 12.6. The van der Waals surface area contributed by atoms with Gasteiger partial charge in [-0.05, 0) is 19.8 Å². The van der Waals surface area contributed by atoms with Crippen LogP contribution in [-0.2, 0) is 4.79 Å². The van der Waals surface area contributed by atoms with Gasteiger partial charge in [-0.2, -0.15) is 11.8 Å². The summed E-state index contributed by atoms with van der Waals surface area (Å²) in [6.45, 7) is 8.40. The highest BCUT2D eigenvalue weighted by Gasteiger charge is 2.36. The van der Waals surface area contributed by atoms with Gasteiger partial charge in [0.15, 0.2) is 0 Å². The highest BCUT2D eigenvalue weighted by molar-refractivity contribution is 8.00. The molecule has 0 aliphatic carbocycles. The number of aliphatic carboxylic acids is 1. The van der Waals surface area contributed by atoms with Crippen molar-refractivity contribution < 1.29 is 14.7 Å². The van der Waals surface area contributed by atoms with Gasteiger partial charge in [-0.15, -0.1) is 0 Å². The van der Waals surface area contributed by atoms with Crippen LogP contribution in [0.1, 0.15) is 33.6 Å². The Morgan fingerprint density at radius 3 is 2.25 bits per heavy atom. The number of carbonyl (C=O) groups is 2. The smallest absolute Gasteiger partial charge is 0.320 e. The molecule has 2 rings (SSSR count). The number of hydrogen-bond acceptors (Lipinski definition) is 3. The molecule has 5 nitrogen and oxygen atoms in total. The average Bonchev–Trinajstić information content (AvgIpc) is 2.36. The minimum atomic E-state index is -0.736. The van der Waals surface area contributed by atoms with E-state index in [2.05, 4.69) is 13.8 Å². The van der Waals surface area contributed by atoms with E-state index in [1.807, 2.05) is 28.5 Å². The highest BCUT2D eigenvalue weighted by Crippen LogP contribution is 2.28. The molecule has 2 fully saturated rings. The SMILES string of the molecule is CC1CN(C(=O)N2CCC(C(=O)O)CC2C)CC(C)S1. The van der Waals surface area contributed by atoms with Gasteiger partial charge >= 0.3 is 12.0 Å². The van der Waals surface area contributed by atoms with Crippen LogP contribution in [0.2, 0.25) is 0 Å². The number of piperidine rings is 1. The summed E-state index contributed by atoms with van der Waals surface area (Å²) in [5, 5.41) is 10.0. The zero-order chi connectivity index (χ0) is 14.9. The van der Waals surface area contributed by atoms with Crippen molar-refractivity contribution in [3.05, 3.63) is 0 Å². The number of carbonyl (C=O) groups excluding carboxylic acids is 1. The van der Waals surface area contributed by atoms with Crippen molar-refractivity contribution in [1.82, 2.24) is 9.80 Å². The molecule has 2 aliphatic rings. The summed E-state index contributed by atoms with van der Waals surface area (Å²) in [7, 11) is 0. The summed E-state index contributed by atoms with van der Waals surface area (Å²) in [5.41, 5.74) is 0. The van der Waals surface area contributed by atoms with Gasteiger partial charge in [-0.1, -0.05) is 13.8 Å². The van der Waals surface area contributed by atoms with Gasteiger partial charge in [0.1, 0.15) is 0 Å². The molecule has 0 saturated carbocycles. The van der Waals surface area contributed by atoms with Gasteiger partial charge in [0.05, 0.1) is 5.92 Å². The molecule has 0 aromatic rings. The molecule has 0 aromatic heterocycles. The predicted molar refractivity (Wildman–Crippen MR) is 80.0 cm³/mol. The summed E-state index contributed by atoms with van der Waals surface area (Å²) >= 11 is 1.92. The Bertz CT molecular complexity index is 381. The van der Waals surface area contributed by atoms with E-state index in [0.717, 1.165) is 13.1 Å². The quantitative estimate of drug-likeness (QED) is 0.806. The van der Waals surface area contributed by atoms with Gasteiger partial charge in [-0.25, -0.2) is 4.79 Å². The fourth-order valence-corrected chi connectivity index (χ4v) is 4.52. The van der Waals surface area contributed by atoms with Gasteiger partial charge in [0.25, 0.3) is 0 Å². The van der Waals surface area contributed by atoms with Crippen LogP contribution in [0.15, 0.2) is 0 Å². The van der Waals surface area contributed by atoms with E-state index in [9.17, 15) is 9.59 Å². The minimum Gasteiger partial charge on any atom is -0.481 e. The van der Waals surface area contributed by atoms with Crippen LogP contribution in [0, 0.1) is 5.92 Å². The fourth-order valence-electron chi connectivity index (χ4n) is 3.20. The molecule has 4 unspecified atom stereocenters. The van der Waals surface area contributed by atoms with E-state index in [4.69, 9.17) is 5.11 Å². The molecule has 2 heterocycles. The van der Waals surface area contributed by atoms with Gasteiger partial charge in [0.2, 0.25) is 0 Å². The maximum Gasteiger partial charge on any atom is 0.320 e. The Morgan fingerprint density at radius 2 is 1.75 bits per heavy atom. The van der Waals surface area contributed by atoms with Gasteiger partial charge in [0, 0.05) is 36.2 Å². The van der Waals surface area contributed by atoms with Gasteiger partial charge in [-0.3, -0.25) is 4.79 Å². The van der Waals surface area contributed by atoms with Crippen LogP contribution in [-0.4, -0.2) is 63.1 Å². The summed E-state index contributed by atoms with van der Waals surface area (Å²) in [6, 6.07) is 0.0953. The number of thioether (sulfide) groups is 1. The van der Waals surface area contributed by atoms with Crippen molar-refractivity contribution in [2.75, 3.05) is 19.6 Å². The van der Waals surface area contributed by atoms with E-state index in [1.54, 1.807) is 0 Å². The molecule has 1 N–H and O–H groups in total. The second-order valence-corrected chi connectivity index (χ2v) is 7.93. The summed E-state index contributed by atoms with van der Waals surface area (Å²) in [5.74, 6) is -1.04. The largest absolute Gasteiger partial charge is 0.481 e. The maximum absolute atomic E-state index is 12.6. The van der Waals surface area contributed by atoms with E-state index < -0.39 is 5.97 Å². The topological polar surface area (TPSA) is 60.9 Å². The average molecular weight is 300 g/mol. The van der Waals surface area contributed by atoms with E-state index in [0.29, 0.717) is 29.9 Å². The first-order chi connectivity index (χ1) is 9.38. The highest BCUT2D eigenvalue weighted by atomic mass is 32.2. The second kappa shape index (κ2) is 6.24. The molecule has 6 heteroatoms. The molecule has 2 aliphatic heterocycles. The van der Waals surface area contributed by atoms with Crippen LogP contribution in [0.3, 0.4) is 0 Å². The van der Waals surface area contributed by atoms with Crippen LogP contribution in [0.25, 0.3) is 0 Å². The van der Waals surface area contributed by atoms with Crippen molar-refractivity contribution in [3.63, 3.8) is 0 Å². The second-order valence-electron chi connectivity index (χ2n) is 6.05. The van der Waals surface area contributed by atoms with Gasteiger partial charge < -0.3 is 14.9 Å². The zero-order valence-corrected chi connectivity index (χ0v) is 13.2. The Balaban J connectivity index is 1.97. The molecule has 0 spiro atoms. The number of nitrogens with zero attached hydrogens (tertiary/aromatic N) is 2. The first-order valence-corrected chi connectivity index (χ1v) is 8.26. The Kier molecular flexibility index (Phi) is 4.83. The number of amides is 2. The molecule has 114 valence electrons. The number of hydrogen-bond donors (Lipinski definition) is 1. The fraction of sp³-hybridized carbons (Fsp3) is 0.857. The first-order valence-electron chi connectivity index (χ1n) is 7.32. The molecule has 0 bridgehead atoms. The normalized spacial score (nSPS) is 35.0. The molecule has 20 heavy (non-hydrogen) atoms. The molecular weight excluding hydrogens is 276 g/mol. The van der Waals surface area contributed by atoms with Crippen LogP contribution in [0.5, 0.6) is 0 Å². The van der Waals surface area contributed by atoms with E-state index >= 15 is 0 Å². The van der Waals surface area contributed by atoms with Crippen molar-refractivity contribution in [2.45, 2.75) is 50.2 Å². The molecule has 0 aromatic carbocycles. The van der Waals surface area contributed by atoms with Crippen LogP contribution in [0.4, 0.5) is 4.79 Å². The summed E-state index contributed by atoms with van der Waals surface area (Å²) < 4.78 is 0. The summed E-state index contributed by atoms with van der Waals surface area (Å²) in [6.07, 6.45) is 1.13. The Hall–Kier alpha value is -0.910. The number of carboxylic acids is 1. The van der Waals surface area contributed by atoms with Crippen LogP contribution < -0.4 is 0 Å². The predicted octanol–water partition coefficient (Wildman–Crippen LogP) is 2.12. The molecular formula is C14H24N2O3S. The van der Waals surface area contributed by atoms with Crippen molar-refractivity contribution >= 4 is 23.8 Å². The number of likely N-dealkylation sites (tertiary alicyclic amines) is 1. The Morgan fingerprint density at radius 1 is 1.15 bits per heavy atom. The standard InChI is InChI=1S/C14H24N2O3S/c1-9-6-12(13(17)18)4-5-16(9)14(19)15-7-10(2)20-11(3)8-15/h9-12H,4-8H2,1-3H3,(H,17,18). The third-order valence-corrected chi connectivity index (χ3v) is 5.39. The van der Waals surface area contributed by atoms with E-state index in [-0.39, 0.29) is 18.0 Å². The third-order valence-electron chi connectivity index (χ3n) is 4.16. The lowest BCUT2D eigenvalue weighted by Gasteiger charge is -2.42. The Labute approximate surface area is 124 Å². The van der Waals surface area contributed by atoms with E-state index in [1.165, 1.54) is 0 Å².